The summed E-state index contributed by atoms with van der Waals surface area (Å²) in [7, 11) is 1.65. The summed E-state index contributed by atoms with van der Waals surface area (Å²) < 4.78 is 23.1. The maximum atomic E-state index is 13.1. The zero-order valence-corrected chi connectivity index (χ0v) is 23.1. The Labute approximate surface area is 237 Å². The van der Waals surface area contributed by atoms with Gasteiger partial charge < -0.3 is 18.9 Å². The lowest BCUT2D eigenvalue weighted by Crippen LogP contribution is -2.51. The van der Waals surface area contributed by atoms with Gasteiger partial charge in [-0.15, -0.1) is 6.58 Å². The third kappa shape index (κ3) is 8.55. The summed E-state index contributed by atoms with van der Waals surface area (Å²) in [5.41, 5.74) is 6.44. The number of rotatable bonds is 15. The first-order chi connectivity index (χ1) is 19.6. The number of carbonyl (C=O) groups is 1. The van der Waals surface area contributed by atoms with Gasteiger partial charge in [0, 0.05) is 6.42 Å². The molecule has 3 aromatic rings. The van der Waals surface area contributed by atoms with Crippen molar-refractivity contribution in [3.05, 3.63) is 120 Å². The molecule has 1 aliphatic rings. The molecule has 3 aromatic carbocycles. The van der Waals surface area contributed by atoms with Gasteiger partial charge in [-0.05, 0) is 35.7 Å². The maximum absolute atomic E-state index is 13.1. The summed E-state index contributed by atoms with van der Waals surface area (Å²) in [5, 5.41) is 1.54. The lowest BCUT2D eigenvalue weighted by atomic mass is 10.0. The number of hydrogen-bond donors (Lipinski definition) is 1. The average Bonchev–Trinajstić information content (AvgIpc) is 3.28. The number of carbonyl (C=O) groups excluding carboxylic acids is 1. The maximum Gasteiger partial charge on any atom is 0.425 e. The highest BCUT2D eigenvalue weighted by atomic mass is 16.6. The Hall–Kier alpha value is -3.91. The van der Waals surface area contributed by atoms with Crippen molar-refractivity contribution in [2.24, 2.45) is 0 Å². The first-order valence-electron chi connectivity index (χ1n) is 13.5. The molecule has 0 aromatic heterocycles. The van der Waals surface area contributed by atoms with Crippen molar-refractivity contribution in [2.45, 2.75) is 50.8 Å². The molecule has 40 heavy (non-hydrogen) atoms. The van der Waals surface area contributed by atoms with Crippen LogP contribution in [0.2, 0.25) is 0 Å². The Morgan fingerprint density at radius 1 is 0.975 bits per heavy atom. The van der Waals surface area contributed by atoms with E-state index in [0.29, 0.717) is 26.2 Å². The fourth-order valence-corrected chi connectivity index (χ4v) is 4.42. The molecule has 0 unspecified atom stereocenters. The van der Waals surface area contributed by atoms with Crippen LogP contribution in [-0.2, 0) is 27.4 Å². The quantitative estimate of drug-likeness (QED) is 0.232. The zero-order chi connectivity index (χ0) is 28.2. The van der Waals surface area contributed by atoms with Crippen molar-refractivity contribution in [2.75, 3.05) is 13.7 Å². The highest BCUT2D eigenvalue weighted by molar-refractivity contribution is 5.71. The van der Waals surface area contributed by atoms with Crippen LogP contribution in [0.25, 0.3) is 6.08 Å². The second-order valence-corrected chi connectivity index (χ2v) is 9.73. The Morgan fingerprint density at radius 2 is 1.65 bits per heavy atom. The number of nitrogens with one attached hydrogen (secondary N) is 1. The molecular weight excluding hydrogens is 504 g/mol. The lowest BCUT2D eigenvalue weighted by molar-refractivity contribution is 0.0164. The summed E-state index contributed by atoms with van der Waals surface area (Å²) in [6.45, 7) is 7.21. The van der Waals surface area contributed by atoms with E-state index in [4.69, 9.17) is 18.9 Å². The predicted octanol–water partition coefficient (Wildman–Crippen LogP) is 6.17. The minimum absolute atomic E-state index is 0.142. The molecule has 1 N–H and O–H groups in total. The van der Waals surface area contributed by atoms with Gasteiger partial charge in [0.05, 0.1) is 39.1 Å². The van der Waals surface area contributed by atoms with Crippen LogP contribution < -0.4 is 10.2 Å². The number of nitrogens with zero attached hydrogens (tertiary/aromatic N) is 1. The molecule has 1 amide bonds. The van der Waals surface area contributed by atoms with Gasteiger partial charge in [-0.25, -0.2) is 15.2 Å². The number of amides is 1. The smallest absolute Gasteiger partial charge is 0.425 e. The van der Waals surface area contributed by atoms with Gasteiger partial charge in [-0.2, -0.15) is 0 Å². The fourth-order valence-electron chi connectivity index (χ4n) is 4.42. The van der Waals surface area contributed by atoms with E-state index in [9.17, 15) is 4.79 Å². The molecule has 0 saturated carbocycles. The van der Waals surface area contributed by atoms with Crippen LogP contribution in [-0.4, -0.2) is 49.1 Å². The number of hydrazine groups is 1. The van der Waals surface area contributed by atoms with Crippen LogP contribution in [0, 0.1) is 0 Å². The second-order valence-electron chi connectivity index (χ2n) is 9.73. The summed E-state index contributed by atoms with van der Waals surface area (Å²) in [6, 6.07) is 27.1. The molecule has 1 saturated heterocycles. The Morgan fingerprint density at radius 3 is 2.33 bits per heavy atom. The third-order valence-corrected chi connectivity index (χ3v) is 6.67. The number of methoxy groups -OCH3 is 1. The van der Waals surface area contributed by atoms with Crippen molar-refractivity contribution in [1.29, 1.82) is 0 Å². The van der Waals surface area contributed by atoms with E-state index >= 15 is 0 Å². The van der Waals surface area contributed by atoms with Gasteiger partial charge in [0.1, 0.15) is 17.9 Å². The standard InChI is InChI=1S/C33H38N2O5/c1-4-29(24-38-22-27-13-9-6-10-14-27)34-35-31(20-17-26-11-7-5-8-12-26)32(40-33(35)36)21-25(2)39-23-28-15-18-30(37-3)19-16-28/h4-20,25,29,31-32,34H,1,21-24H2,2-3H3/b20-17+/t25-,29-,31-,32+/m0/s1. The van der Waals surface area contributed by atoms with Crippen LogP contribution in [0.15, 0.2) is 104 Å². The molecule has 7 nitrogen and oxygen atoms in total. The predicted molar refractivity (Wildman–Crippen MR) is 156 cm³/mol. The van der Waals surface area contributed by atoms with E-state index < -0.39 is 12.2 Å². The molecule has 0 radical (unpaired) electrons. The number of ether oxygens (including phenoxy) is 4. The van der Waals surface area contributed by atoms with E-state index in [-0.39, 0.29) is 18.2 Å². The van der Waals surface area contributed by atoms with Crippen molar-refractivity contribution in [3.8, 4) is 5.75 Å². The highest BCUT2D eigenvalue weighted by Gasteiger charge is 2.42. The summed E-state index contributed by atoms with van der Waals surface area (Å²) in [5.74, 6) is 0.804. The molecule has 4 rings (SSSR count). The van der Waals surface area contributed by atoms with Gasteiger partial charge in [-0.1, -0.05) is 91.0 Å². The van der Waals surface area contributed by atoms with E-state index in [1.165, 1.54) is 0 Å². The Kier molecular flexibility index (Phi) is 10.9. The summed E-state index contributed by atoms with van der Waals surface area (Å²) in [4.78, 5) is 13.1. The molecule has 4 atom stereocenters. The highest BCUT2D eigenvalue weighted by Crippen LogP contribution is 2.25. The largest absolute Gasteiger partial charge is 0.497 e. The topological polar surface area (TPSA) is 69.3 Å². The van der Waals surface area contributed by atoms with Crippen LogP contribution in [0.3, 0.4) is 0 Å². The molecular formula is C33H38N2O5. The van der Waals surface area contributed by atoms with E-state index in [1.807, 2.05) is 104 Å². The molecule has 7 heteroatoms. The SMILES string of the molecule is C=C[C@@H](COCc1ccccc1)NN1C(=O)O[C@H](C[C@H](C)OCc2ccc(OC)cc2)[C@@H]1/C=C/c1ccccc1. The van der Waals surface area contributed by atoms with Crippen LogP contribution >= 0.6 is 0 Å². The summed E-state index contributed by atoms with van der Waals surface area (Å²) in [6.07, 6.45) is 5.30. The van der Waals surface area contributed by atoms with Crippen LogP contribution in [0.1, 0.15) is 30.0 Å². The van der Waals surface area contributed by atoms with Crippen molar-refractivity contribution < 1.29 is 23.7 Å². The second kappa shape index (κ2) is 15.0. The van der Waals surface area contributed by atoms with E-state index in [2.05, 4.69) is 12.0 Å². The molecule has 0 bridgehead atoms. The first kappa shape index (κ1) is 29.1. The van der Waals surface area contributed by atoms with Gasteiger partial charge in [0.2, 0.25) is 0 Å². The van der Waals surface area contributed by atoms with E-state index in [0.717, 1.165) is 22.4 Å². The number of benzene rings is 3. The van der Waals surface area contributed by atoms with Crippen molar-refractivity contribution >= 4 is 12.2 Å². The monoisotopic (exact) mass is 542 g/mol. The lowest BCUT2D eigenvalue weighted by Gasteiger charge is -2.27. The number of cyclic esters (lactones) is 1. The van der Waals surface area contributed by atoms with Gasteiger partial charge in [0.25, 0.3) is 0 Å². The average molecular weight is 543 g/mol. The molecule has 0 spiro atoms. The van der Waals surface area contributed by atoms with Gasteiger partial charge >= 0.3 is 6.09 Å². The van der Waals surface area contributed by atoms with Crippen LogP contribution in [0.5, 0.6) is 5.75 Å². The van der Waals surface area contributed by atoms with Crippen molar-refractivity contribution in [1.82, 2.24) is 10.4 Å². The molecule has 0 aliphatic carbocycles. The first-order valence-corrected chi connectivity index (χ1v) is 13.5. The van der Waals surface area contributed by atoms with Crippen molar-refractivity contribution in [3.63, 3.8) is 0 Å². The number of hydrogen-bond acceptors (Lipinski definition) is 6. The molecule has 1 aliphatic heterocycles. The van der Waals surface area contributed by atoms with Crippen LogP contribution in [0.4, 0.5) is 4.79 Å². The Bertz CT molecular complexity index is 1220. The fraction of sp³-hybridized carbons (Fsp3) is 0.303. The zero-order valence-electron chi connectivity index (χ0n) is 23.1. The molecule has 210 valence electrons. The third-order valence-electron chi connectivity index (χ3n) is 6.67. The minimum Gasteiger partial charge on any atom is -0.497 e. The van der Waals surface area contributed by atoms with Gasteiger partial charge in [0.15, 0.2) is 0 Å². The molecule has 1 fully saturated rings. The normalized spacial score (nSPS) is 18.4. The van der Waals surface area contributed by atoms with E-state index in [1.54, 1.807) is 18.2 Å². The Balaban J connectivity index is 1.40. The van der Waals surface area contributed by atoms with Gasteiger partial charge in [-0.3, -0.25) is 0 Å². The minimum atomic E-state index is -0.440. The summed E-state index contributed by atoms with van der Waals surface area (Å²) >= 11 is 0. The molecule has 1 heterocycles.